The number of nitrogen functional groups attached to an aromatic ring is 1. The number of benzene rings is 2. The van der Waals surface area contributed by atoms with Crippen LogP contribution in [0.3, 0.4) is 0 Å². The molecule has 0 saturated carbocycles. The van der Waals surface area contributed by atoms with Crippen molar-refractivity contribution in [2.45, 2.75) is 13.8 Å². The molecule has 0 aliphatic rings. The number of hydrogen-bond donors (Lipinski definition) is 2. The van der Waals surface area contributed by atoms with Gasteiger partial charge in [0.15, 0.2) is 0 Å². The Kier molecular flexibility index (Phi) is 3.94. The van der Waals surface area contributed by atoms with Crippen LogP contribution in [0.2, 0.25) is 0 Å². The lowest BCUT2D eigenvalue weighted by Crippen LogP contribution is -2.15. The van der Waals surface area contributed by atoms with Gasteiger partial charge < -0.3 is 15.8 Å². The van der Waals surface area contributed by atoms with E-state index in [1.165, 1.54) is 0 Å². The second kappa shape index (κ2) is 5.65. The number of ether oxygens (including phenoxy) is 1. The van der Waals surface area contributed by atoms with Crippen molar-refractivity contribution in [3.8, 4) is 5.75 Å². The zero-order valence-corrected chi connectivity index (χ0v) is 11.9. The largest absolute Gasteiger partial charge is 0.496 e. The quantitative estimate of drug-likeness (QED) is 0.842. The molecule has 2 rings (SSSR count). The van der Waals surface area contributed by atoms with Crippen molar-refractivity contribution in [3.63, 3.8) is 0 Å². The fraction of sp³-hybridized carbons (Fsp3) is 0.188. The Balaban J connectivity index is 2.35. The summed E-state index contributed by atoms with van der Waals surface area (Å²) in [5.74, 6) is 0.337. The molecule has 0 aromatic heterocycles. The number of para-hydroxylation sites is 1. The van der Waals surface area contributed by atoms with E-state index in [9.17, 15) is 4.79 Å². The van der Waals surface area contributed by atoms with Gasteiger partial charge in [-0.15, -0.1) is 0 Å². The maximum atomic E-state index is 12.4. The van der Waals surface area contributed by atoms with Gasteiger partial charge in [0.25, 0.3) is 5.91 Å². The molecule has 2 aromatic carbocycles. The Hall–Kier alpha value is -2.49. The van der Waals surface area contributed by atoms with Crippen LogP contribution in [-0.2, 0) is 0 Å². The molecular weight excluding hydrogens is 252 g/mol. The number of nitrogens with two attached hydrogens (primary N) is 1. The van der Waals surface area contributed by atoms with E-state index in [0.717, 1.165) is 16.8 Å². The van der Waals surface area contributed by atoms with E-state index in [0.29, 0.717) is 17.0 Å². The first-order valence-electron chi connectivity index (χ1n) is 6.34. The van der Waals surface area contributed by atoms with Crippen LogP contribution in [0.25, 0.3) is 0 Å². The van der Waals surface area contributed by atoms with Crippen LogP contribution in [0.15, 0.2) is 36.4 Å². The normalized spacial score (nSPS) is 10.2. The average Bonchev–Trinajstić information content (AvgIpc) is 2.47. The third-order valence-electron chi connectivity index (χ3n) is 3.31. The van der Waals surface area contributed by atoms with Crippen molar-refractivity contribution in [3.05, 3.63) is 53.1 Å². The van der Waals surface area contributed by atoms with Gasteiger partial charge in [-0.25, -0.2) is 0 Å². The Bertz CT molecular complexity index is 651. The molecule has 4 nitrogen and oxygen atoms in total. The van der Waals surface area contributed by atoms with Gasteiger partial charge in [0.2, 0.25) is 0 Å². The number of anilines is 2. The van der Waals surface area contributed by atoms with E-state index in [2.05, 4.69) is 5.32 Å². The zero-order valence-electron chi connectivity index (χ0n) is 11.9. The standard InChI is InChI=1S/C16H18N2O2/c1-10-8-9-13(17)11(2)15(10)18-16(19)12-6-4-5-7-14(12)20-3/h4-9H,17H2,1-3H3,(H,18,19). The van der Waals surface area contributed by atoms with Gasteiger partial charge in [-0.2, -0.15) is 0 Å². The van der Waals surface area contributed by atoms with Crippen molar-refractivity contribution >= 4 is 17.3 Å². The maximum Gasteiger partial charge on any atom is 0.259 e. The van der Waals surface area contributed by atoms with Crippen LogP contribution in [0, 0.1) is 13.8 Å². The molecule has 0 fully saturated rings. The van der Waals surface area contributed by atoms with Crippen LogP contribution >= 0.6 is 0 Å². The van der Waals surface area contributed by atoms with E-state index >= 15 is 0 Å². The Labute approximate surface area is 118 Å². The number of amides is 1. The number of carbonyl (C=O) groups excluding carboxylic acids is 1. The summed E-state index contributed by atoms with van der Waals surface area (Å²) in [5.41, 5.74) is 9.63. The highest BCUT2D eigenvalue weighted by Gasteiger charge is 2.14. The molecule has 104 valence electrons. The first-order valence-corrected chi connectivity index (χ1v) is 6.34. The lowest BCUT2D eigenvalue weighted by Gasteiger charge is -2.14. The minimum atomic E-state index is -0.209. The van der Waals surface area contributed by atoms with Gasteiger partial charge in [0.1, 0.15) is 5.75 Å². The molecule has 1 amide bonds. The lowest BCUT2D eigenvalue weighted by atomic mass is 10.1. The third-order valence-corrected chi connectivity index (χ3v) is 3.31. The molecule has 0 atom stereocenters. The molecule has 3 N–H and O–H groups in total. The molecule has 0 spiro atoms. The van der Waals surface area contributed by atoms with Crippen molar-refractivity contribution in [1.29, 1.82) is 0 Å². The second-order valence-electron chi connectivity index (χ2n) is 4.63. The minimum Gasteiger partial charge on any atom is -0.496 e. The summed E-state index contributed by atoms with van der Waals surface area (Å²) in [6, 6.07) is 10.8. The van der Waals surface area contributed by atoms with Crippen molar-refractivity contribution in [2.75, 3.05) is 18.2 Å². The molecule has 0 saturated heterocycles. The van der Waals surface area contributed by atoms with Crippen LogP contribution < -0.4 is 15.8 Å². The van der Waals surface area contributed by atoms with Crippen LogP contribution in [-0.4, -0.2) is 13.0 Å². The molecule has 0 heterocycles. The smallest absolute Gasteiger partial charge is 0.259 e. The van der Waals surface area contributed by atoms with Gasteiger partial charge in [-0.3, -0.25) is 4.79 Å². The van der Waals surface area contributed by atoms with E-state index in [-0.39, 0.29) is 5.91 Å². The van der Waals surface area contributed by atoms with E-state index in [4.69, 9.17) is 10.5 Å². The Morgan fingerprint density at radius 2 is 1.85 bits per heavy atom. The fourth-order valence-corrected chi connectivity index (χ4v) is 2.07. The van der Waals surface area contributed by atoms with Crippen LogP contribution in [0.1, 0.15) is 21.5 Å². The first kappa shape index (κ1) is 13.9. The van der Waals surface area contributed by atoms with Gasteiger partial charge >= 0.3 is 0 Å². The minimum absolute atomic E-state index is 0.209. The number of hydrogen-bond acceptors (Lipinski definition) is 3. The summed E-state index contributed by atoms with van der Waals surface area (Å²) in [5, 5.41) is 2.91. The van der Waals surface area contributed by atoms with Gasteiger partial charge in [0, 0.05) is 11.4 Å². The summed E-state index contributed by atoms with van der Waals surface area (Å²) in [6.07, 6.45) is 0. The summed E-state index contributed by atoms with van der Waals surface area (Å²) < 4.78 is 5.20. The first-order chi connectivity index (χ1) is 9.54. The molecule has 0 aliphatic heterocycles. The molecule has 0 aliphatic carbocycles. The summed E-state index contributed by atoms with van der Waals surface area (Å²) in [7, 11) is 1.54. The van der Waals surface area contributed by atoms with Crippen molar-refractivity contribution in [2.24, 2.45) is 0 Å². The second-order valence-corrected chi connectivity index (χ2v) is 4.63. The predicted octanol–water partition coefficient (Wildman–Crippen LogP) is 3.15. The predicted molar refractivity (Wildman–Crippen MR) is 81.3 cm³/mol. The summed E-state index contributed by atoms with van der Waals surface area (Å²) in [6.45, 7) is 3.82. The number of carbonyl (C=O) groups is 1. The number of methoxy groups -OCH3 is 1. The van der Waals surface area contributed by atoms with Gasteiger partial charge in [0.05, 0.1) is 12.7 Å². The molecule has 20 heavy (non-hydrogen) atoms. The number of rotatable bonds is 3. The van der Waals surface area contributed by atoms with Gasteiger partial charge in [-0.1, -0.05) is 18.2 Å². The van der Waals surface area contributed by atoms with Gasteiger partial charge in [-0.05, 0) is 43.2 Å². The Morgan fingerprint density at radius 1 is 1.15 bits per heavy atom. The molecular formula is C16H18N2O2. The van der Waals surface area contributed by atoms with E-state index < -0.39 is 0 Å². The highest BCUT2D eigenvalue weighted by atomic mass is 16.5. The molecule has 0 unspecified atom stereocenters. The van der Waals surface area contributed by atoms with Crippen LogP contribution in [0.5, 0.6) is 5.75 Å². The monoisotopic (exact) mass is 270 g/mol. The highest BCUT2D eigenvalue weighted by Crippen LogP contribution is 2.27. The zero-order chi connectivity index (χ0) is 14.7. The van der Waals surface area contributed by atoms with Crippen LogP contribution in [0.4, 0.5) is 11.4 Å². The Morgan fingerprint density at radius 3 is 2.55 bits per heavy atom. The van der Waals surface area contributed by atoms with E-state index in [1.54, 1.807) is 25.3 Å². The summed E-state index contributed by atoms with van der Waals surface area (Å²) in [4.78, 5) is 12.4. The van der Waals surface area contributed by atoms with E-state index in [1.807, 2.05) is 32.0 Å². The number of aryl methyl sites for hydroxylation is 1. The lowest BCUT2D eigenvalue weighted by molar-refractivity contribution is 0.102. The maximum absolute atomic E-state index is 12.4. The third kappa shape index (κ3) is 2.59. The fourth-order valence-electron chi connectivity index (χ4n) is 2.07. The molecule has 2 aromatic rings. The molecule has 4 heteroatoms. The number of nitrogens with one attached hydrogen (secondary N) is 1. The summed E-state index contributed by atoms with van der Waals surface area (Å²) >= 11 is 0. The highest BCUT2D eigenvalue weighted by molar-refractivity contribution is 6.07. The topological polar surface area (TPSA) is 64.3 Å². The van der Waals surface area contributed by atoms with Crippen molar-refractivity contribution < 1.29 is 9.53 Å². The molecule has 0 bridgehead atoms. The van der Waals surface area contributed by atoms with Crippen molar-refractivity contribution in [1.82, 2.24) is 0 Å². The molecule has 0 radical (unpaired) electrons. The average molecular weight is 270 g/mol. The SMILES string of the molecule is COc1ccccc1C(=O)Nc1c(C)ccc(N)c1C.